The number of rotatable bonds is 4. The van der Waals surface area contributed by atoms with E-state index in [1.807, 2.05) is 24.3 Å². The normalized spacial score (nSPS) is 15.7. The highest BCUT2D eigenvalue weighted by Gasteiger charge is 2.34. The summed E-state index contributed by atoms with van der Waals surface area (Å²) in [5.74, 6) is -0.407. The summed E-state index contributed by atoms with van der Waals surface area (Å²) in [7, 11) is 0. The van der Waals surface area contributed by atoms with Crippen LogP contribution in [0.1, 0.15) is 41.3 Å². The van der Waals surface area contributed by atoms with Gasteiger partial charge < -0.3 is 0 Å². The van der Waals surface area contributed by atoms with Crippen molar-refractivity contribution < 1.29 is 9.59 Å². The van der Waals surface area contributed by atoms with Crippen molar-refractivity contribution in [3.63, 3.8) is 0 Å². The average Bonchev–Trinajstić information content (AvgIpc) is 2.90. The van der Waals surface area contributed by atoms with E-state index in [9.17, 15) is 9.59 Å². The molecule has 0 saturated carbocycles. The van der Waals surface area contributed by atoms with Gasteiger partial charge in [-0.25, -0.2) is 0 Å². The van der Waals surface area contributed by atoms with Crippen molar-refractivity contribution in [3.8, 4) is 0 Å². The van der Waals surface area contributed by atoms with Crippen LogP contribution in [0.4, 0.5) is 0 Å². The molecule has 1 saturated heterocycles. The lowest BCUT2D eigenvalue weighted by Gasteiger charge is -2.16. The number of hydrogen-bond donors (Lipinski definition) is 1. The third-order valence-corrected chi connectivity index (χ3v) is 5.66. The fourth-order valence-corrected chi connectivity index (χ4v) is 3.90. The average molecular weight is 417 g/mol. The maximum Gasteiger partial charge on any atom is 0.285 e. The summed E-state index contributed by atoms with van der Waals surface area (Å²) in [5, 5.41) is 1.39. The Hall–Kier alpha value is -2.15. The fourth-order valence-electron chi connectivity index (χ4n) is 2.50. The molecule has 7 heteroatoms. The molecule has 0 radical (unpaired) electrons. The van der Waals surface area contributed by atoms with Crippen molar-refractivity contribution in [3.05, 3.63) is 75.1 Å². The summed E-state index contributed by atoms with van der Waals surface area (Å²) < 4.78 is 0.269. The molecule has 0 atom stereocenters. The molecule has 138 valence electrons. The van der Waals surface area contributed by atoms with E-state index in [4.69, 9.17) is 23.8 Å². The van der Waals surface area contributed by atoms with E-state index >= 15 is 0 Å². The van der Waals surface area contributed by atoms with Crippen LogP contribution in [0.2, 0.25) is 5.02 Å². The van der Waals surface area contributed by atoms with Gasteiger partial charge in [-0.3, -0.25) is 15.0 Å². The van der Waals surface area contributed by atoms with Gasteiger partial charge in [0.1, 0.15) is 0 Å². The molecule has 1 N–H and O–H groups in total. The first-order valence-electron chi connectivity index (χ1n) is 8.30. The van der Waals surface area contributed by atoms with Crippen LogP contribution in [-0.4, -0.2) is 21.1 Å². The molecule has 3 rings (SSSR count). The monoisotopic (exact) mass is 416 g/mol. The van der Waals surface area contributed by atoms with Crippen LogP contribution >= 0.6 is 35.6 Å². The number of carbonyl (C=O) groups is 2. The summed E-state index contributed by atoms with van der Waals surface area (Å²) in [5.41, 5.74) is 4.94. The van der Waals surface area contributed by atoms with Gasteiger partial charge in [0.25, 0.3) is 11.8 Å². The zero-order chi connectivity index (χ0) is 19.6. The third-order valence-electron chi connectivity index (χ3n) is 4.03. The first kappa shape index (κ1) is 19.6. The largest absolute Gasteiger partial charge is 0.285 e. The number of carbonyl (C=O) groups excluding carboxylic acids is 2. The van der Waals surface area contributed by atoms with Gasteiger partial charge in [-0.1, -0.05) is 73.6 Å². The zero-order valence-corrected chi connectivity index (χ0v) is 17.1. The van der Waals surface area contributed by atoms with Crippen LogP contribution in [0, 0.1) is 0 Å². The van der Waals surface area contributed by atoms with E-state index in [2.05, 4.69) is 19.3 Å². The number of nitrogens with one attached hydrogen (secondary N) is 1. The summed E-state index contributed by atoms with van der Waals surface area (Å²) in [6.45, 7) is 4.25. The van der Waals surface area contributed by atoms with E-state index in [0.717, 1.165) is 22.3 Å². The van der Waals surface area contributed by atoms with Crippen LogP contribution in [0.25, 0.3) is 6.08 Å². The van der Waals surface area contributed by atoms with Gasteiger partial charge in [-0.15, -0.1) is 0 Å². The highest BCUT2D eigenvalue weighted by molar-refractivity contribution is 8.26. The van der Waals surface area contributed by atoms with Crippen LogP contribution < -0.4 is 5.43 Å². The van der Waals surface area contributed by atoms with E-state index in [0.29, 0.717) is 15.8 Å². The number of benzene rings is 2. The standard InChI is InChI=1S/C20H17ClN2O2S2/c1-12(2)14-9-7-13(8-10-14)11-17-19(25)23(20(26)27-17)22-18(24)15-5-3-4-6-16(15)21/h3-12H,1-2H3,(H,22,24). The molecule has 27 heavy (non-hydrogen) atoms. The number of nitrogens with zero attached hydrogens (tertiary/aromatic N) is 1. The second-order valence-electron chi connectivity index (χ2n) is 6.26. The molecule has 2 amide bonds. The van der Waals surface area contributed by atoms with Crippen LogP contribution in [-0.2, 0) is 4.79 Å². The molecule has 1 aliphatic heterocycles. The molecule has 1 aliphatic rings. The van der Waals surface area contributed by atoms with Crippen molar-refractivity contribution >= 4 is 57.8 Å². The zero-order valence-electron chi connectivity index (χ0n) is 14.7. The Labute approximate surface area is 172 Å². The van der Waals surface area contributed by atoms with Crippen molar-refractivity contribution in [2.45, 2.75) is 19.8 Å². The molecule has 0 unspecified atom stereocenters. The Morgan fingerprint density at radius 2 is 1.85 bits per heavy atom. The van der Waals surface area contributed by atoms with Crippen molar-refractivity contribution in [2.24, 2.45) is 0 Å². The molecule has 2 aromatic carbocycles. The predicted molar refractivity (Wildman–Crippen MR) is 114 cm³/mol. The molecule has 0 aliphatic carbocycles. The maximum atomic E-state index is 12.6. The van der Waals surface area contributed by atoms with Gasteiger partial charge in [0, 0.05) is 0 Å². The van der Waals surface area contributed by atoms with Crippen molar-refractivity contribution in [1.82, 2.24) is 10.4 Å². The van der Waals surface area contributed by atoms with Gasteiger partial charge in [0.2, 0.25) is 0 Å². The Balaban J connectivity index is 1.76. The quantitative estimate of drug-likeness (QED) is 0.562. The van der Waals surface area contributed by atoms with Gasteiger partial charge in [0.15, 0.2) is 4.32 Å². The number of thiocarbonyl (C=S) groups is 1. The van der Waals surface area contributed by atoms with E-state index in [-0.39, 0.29) is 15.8 Å². The minimum Gasteiger partial charge on any atom is -0.267 e. The van der Waals surface area contributed by atoms with Crippen LogP contribution in [0.15, 0.2) is 53.4 Å². The molecule has 1 heterocycles. The molecule has 2 aromatic rings. The minimum atomic E-state index is -0.487. The SMILES string of the molecule is CC(C)c1ccc(C=C2SC(=S)N(NC(=O)c3ccccc3Cl)C2=O)cc1. The fraction of sp³-hybridized carbons (Fsp3) is 0.150. The Bertz CT molecular complexity index is 939. The lowest BCUT2D eigenvalue weighted by molar-refractivity contribution is -0.123. The van der Waals surface area contributed by atoms with Crippen molar-refractivity contribution in [1.29, 1.82) is 0 Å². The second-order valence-corrected chi connectivity index (χ2v) is 8.34. The maximum absolute atomic E-state index is 12.6. The summed E-state index contributed by atoms with van der Waals surface area (Å²) in [6.07, 6.45) is 1.77. The summed E-state index contributed by atoms with van der Waals surface area (Å²) >= 11 is 12.4. The first-order valence-corrected chi connectivity index (χ1v) is 9.90. The highest BCUT2D eigenvalue weighted by atomic mass is 35.5. The lowest BCUT2D eigenvalue weighted by Crippen LogP contribution is -2.44. The molecule has 1 fully saturated rings. The van der Waals surface area contributed by atoms with Crippen LogP contribution in [0.5, 0.6) is 0 Å². The summed E-state index contributed by atoms with van der Waals surface area (Å²) in [4.78, 5) is 25.5. The Morgan fingerprint density at radius 1 is 1.19 bits per heavy atom. The van der Waals surface area contributed by atoms with Crippen molar-refractivity contribution in [2.75, 3.05) is 0 Å². The number of halogens is 1. The topological polar surface area (TPSA) is 49.4 Å². The van der Waals surface area contributed by atoms with Gasteiger partial charge in [-0.05, 0) is 47.5 Å². The Morgan fingerprint density at radius 3 is 2.48 bits per heavy atom. The van der Waals surface area contributed by atoms with Gasteiger partial charge >= 0.3 is 0 Å². The van der Waals surface area contributed by atoms with Crippen LogP contribution in [0.3, 0.4) is 0 Å². The molecule has 0 spiro atoms. The number of hydrogen-bond acceptors (Lipinski definition) is 4. The number of amides is 2. The molecule has 4 nitrogen and oxygen atoms in total. The molecule has 0 aromatic heterocycles. The highest BCUT2D eigenvalue weighted by Crippen LogP contribution is 2.32. The number of hydrazine groups is 1. The van der Waals surface area contributed by atoms with Gasteiger partial charge in [-0.2, -0.15) is 5.01 Å². The number of thioether (sulfide) groups is 1. The molecule has 0 bridgehead atoms. The smallest absolute Gasteiger partial charge is 0.267 e. The molecular formula is C20H17ClN2O2S2. The first-order chi connectivity index (χ1) is 12.9. The van der Waals surface area contributed by atoms with Gasteiger partial charge in [0.05, 0.1) is 15.5 Å². The summed E-state index contributed by atoms with van der Waals surface area (Å²) in [6, 6.07) is 14.6. The Kier molecular flexibility index (Phi) is 5.99. The minimum absolute atomic E-state index is 0.269. The second kappa shape index (κ2) is 8.25. The molecular weight excluding hydrogens is 400 g/mol. The predicted octanol–water partition coefficient (Wildman–Crippen LogP) is 5.01. The van der Waals surface area contributed by atoms with E-state index in [1.165, 1.54) is 5.56 Å². The van der Waals surface area contributed by atoms with E-state index < -0.39 is 5.91 Å². The third kappa shape index (κ3) is 4.40. The lowest BCUT2D eigenvalue weighted by atomic mass is 10.0. The van der Waals surface area contributed by atoms with E-state index in [1.54, 1.807) is 30.3 Å².